The Hall–Kier alpha value is -1.46. The molecular weight excluding hydrogens is 288 g/mol. The van der Waals surface area contributed by atoms with Gasteiger partial charge in [-0.25, -0.2) is 0 Å². The van der Waals surface area contributed by atoms with Crippen LogP contribution in [0.1, 0.15) is 31.7 Å². The molecule has 0 aromatic carbocycles. The third-order valence-corrected chi connectivity index (χ3v) is 5.12. The Labute approximate surface area is 139 Å². The molecule has 3 heterocycles. The molecule has 23 heavy (non-hydrogen) atoms. The van der Waals surface area contributed by atoms with E-state index >= 15 is 0 Å². The Balaban J connectivity index is 1.51. The van der Waals surface area contributed by atoms with E-state index in [9.17, 15) is 4.79 Å². The SMILES string of the molecule is CCN1CCCCC1C(=O)N1CCN(Cc2cccnc2)CC1. The third-order valence-electron chi connectivity index (χ3n) is 5.12. The minimum Gasteiger partial charge on any atom is -0.339 e. The molecule has 2 saturated heterocycles. The predicted molar refractivity (Wildman–Crippen MR) is 91.0 cm³/mol. The molecule has 5 nitrogen and oxygen atoms in total. The summed E-state index contributed by atoms with van der Waals surface area (Å²) in [6.07, 6.45) is 7.19. The van der Waals surface area contributed by atoms with E-state index in [0.29, 0.717) is 5.91 Å². The number of hydrogen-bond donors (Lipinski definition) is 0. The highest BCUT2D eigenvalue weighted by atomic mass is 16.2. The number of likely N-dealkylation sites (N-methyl/N-ethyl adjacent to an activating group) is 1. The second kappa shape index (κ2) is 7.88. The standard InChI is InChI=1S/C18H28N4O/c1-2-21-9-4-3-7-17(21)18(23)22-12-10-20(11-13-22)15-16-6-5-8-19-14-16/h5-6,8,14,17H,2-4,7,9-13,15H2,1H3. The lowest BCUT2D eigenvalue weighted by molar-refractivity contribution is -0.140. The summed E-state index contributed by atoms with van der Waals surface area (Å²) in [6.45, 7) is 8.78. The van der Waals surface area contributed by atoms with Crippen molar-refractivity contribution in [2.45, 2.75) is 38.8 Å². The summed E-state index contributed by atoms with van der Waals surface area (Å²) < 4.78 is 0. The van der Waals surface area contributed by atoms with Crippen LogP contribution >= 0.6 is 0 Å². The maximum Gasteiger partial charge on any atom is 0.240 e. The molecule has 2 aliphatic rings. The van der Waals surface area contributed by atoms with Crippen LogP contribution in [0.2, 0.25) is 0 Å². The fraction of sp³-hybridized carbons (Fsp3) is 0.667. The highest BCUT2D eigenvalue weighted by molar-refractivity contribution is 5.82. The topological polar surface area (TPSA) is 39.7 Å². The van der Waals surface area contributed by atoms with E-state index in [0.717, 1.165) is 52.2 Å². The van der Waals surface area contributed by atoms with Gasteiger partial charge in [-0.1, -0.05) is 19.4 Å². The maximum atomic E-state index is 12.8. The summed E-state index contributed by atoms with van der Waals surface area (Å²) in [6, 6.07) is 4.22. The maximum absolute atomic E-state index is 12.8. The molecule has 2 aliphatic heterocycles. The van der Waals surface area contributed by atoms with E-state index in [4.69, 9.17) is 0 Å². The fourth-order valence-electron chi connectivity index (χ4n) is 3.74. The van der Waals surface area contributed by atoms with Gasteiger partial charge in [-0.2, -0.15) is 0 Å². The molecule has 1 amide bonds. The van der Waals surface area contributed by atoms with E-state index in [1.807, 2.05) is 18.5 Å². The molecule has 1 aromatic rings. The molecule has 0 N–H and O–H groups in total. The summed E-state index contributed by atoms with van der Waals surface area (Å²) in [5, 5.41) is 0. The molecule has 0 spiro atoms. The lowest BCUT2D eigenvalue weighted by Gasteiger charge is -2.40. The van der Waals surface area contributed by atoms with Gasteiger partial charge in [0.1, 0.15) is 0 Å². The van der Waals surface area contributed by atoms with Crippen LogP contribution in [0.3, 0.4) is 0 Å². The Morgan fingerprint density at radius 1 is 1.22 bits per heavy atom. The number of pyridine rings is 1. The van der Waals surface area contributed by atoms with Gasteiger partial charge in [-0.05, 0) is 37.6 Å². The van der Waals surface area contributed by atoms with Crippen molar-refractivity contribution in [3.63, 3.8) is 0 Å². The third kappa shape index (κ3) is 4.09. The van der Waals surface area contributed by atoms with Gasteiger partial charge in [0, 0.05) is 45.1 Å². The minimum absolute atomic E-state index is 0.124. The second-order valence-corrected chi connectivity index (χ2v) is 6.60. The van der Waals surface area contributed by atoms with Crippen LogP contribution in [0.15, 0.2) is 24.5 Å². The highest BCUT2D eigenvalue weighted by Crippen LogP contribution is 2.19. The van der Waals surface area contributed by atoms with E-state index in [-0.39, 0.29) is 6.04 Å². The van der Waals surface area contributed by atoms with E-state index in [1.165, 1.54) is 18.4 Å². The molecule has 1 unspecified atom stereocenters. The predicted octanol–water partition coefficient (Wildman–Crippen LogP) is 1.60. The van der Waals surface area contributed by atoms with Gasteiger partial charge in [-0.3, -0.25) is 19.6 Å². The average molecular weight is 316 g/mol. The normalized spacial score (nSPS) is 23.9. The zero-order valence-corrected chi connectivity index (χ0v) is 14.2. The molecule has 0 aliphatic carbocycles. The number of likely N-dealkylation sites (tertiary alicyclic amines) is 1. The van der Waals surface area contributed by atoms with Crippen LogP contribution < -0.4 is 0 Å². The van der Waals surface area contributed by atoms with Crippen molar-refractivity contribution in [3.8, 4) is 0 Å². The number of piperidine rings is 1. The Morgan fingerprint density at radius 3 is 2.74 bits per heavy atom. The molecule has 0 radical (unpaired) electrons. The van der Waals surface area contributed by atoms with E-state index < -0.39 is 0 Å². The number of rotatable bonds is 4. The van der Waals surface area contributed by atoms with Crippen molar-refractivity contribution < 1.29 is 4.79 Å². The number of carbonyl (C=O) groups is 1. The minimum atomic E-state index is 0.124. The summed E-state index contributed by atoms with van der Waals surface area (Å²) >= 11 is 0. The first-order valence-electron chi connectivity index (χ1n) is 8.92. The summed E-state index contributed by atoms with van der Waals surface area (Å²) in [5.41, 5.74) is 1.25. The molecule has 0 saturated carbocycles. The first-order valence-corrected chi connectivity index (χ1v) is 8.92. The van der Waals surface area contributed by atoms with Crippen LogP contribution in [-0.4, -0.2) is 70.9 Å². The monoisotopic (exact) mass is 316 g/mol. The number of nitrogens with zero attached hydrogens (tertiary/aromatic N) is 4. The molecule has 2 fully saturated rings. The second-order valence-electron chi connectivity index (χ2n) is 6.60. The Bertz CT molecular complexity index is 499. The van der Waals surface area contributed by atoms with Crippen LogP contribution in [-0.2, 0) is 11.3 Å². The van der Waals surface area contributed by atoms with E-state index in [2.05, 4.69) is 32.7 Å². The van der Waals surface area contributed by atoms with Crippen molar-refractivity contribution in [2.24, 2.45) is 0 Å². The lowest BCUT2D eigenvalue weighted by atomic mass is 10.0. The van der Waals surface area contributed by atoms with Crippen LogP contribution in [0.4, 0.5) is 0 Å². The molecule has 3 rings (SSSR count). The van der Waals surface area contributed by atoms with Crippen LogP contribution in [0, 0.1) is 0 Å². The molecular formula is C18H28N4O. The van der Waals surface area contributed by atoms with Crippen molar-refractivity contribution in [2.75, 3.05) is 39.3 Å². The van der Waals surface area contributed by atoms with Gasteiger partial charge in [-0.15, -0.1) is 0 Å². The van der Waals surface area contributed by atoms with Gasteiger partial charge in [0.05, 0.1) is 6.04 Å². The number of piperazine rings is 1. The summed E-state index contributed by atoms with van der Waals surface area (Å²) in [7, 11) is 0. The van der Waals surface area contributed by atoms with Gasteiger partial charge < -0.3 is 4.90 Å². The Kier molecular flexibility index (Phi) is 5.62. The van der Waals surface area contributed by atoms with Crippen molar-refractivity contribution in [3.05, 3.63) is 30.1 Å². The molecule has 126 valence electrons. The largest absolute Gasteiger partial charge is 0.339 e. The molecule has 5 heteroatoms. The highest BCUT2D eigenvalue weighted by Gasteiger charge is 2.32. The van der Waals surface area contributed by atoms with Gasteiger partial charge in [0.15, 0.2) is 0 Å². The summed E-state index contributed by atoms with van der Waals surface area (Å²) in [5.74, 6) is 0.354. The average Bonchev–Trinajstić information content (AvgIpc) is 2.62. The summed E-state index contributed by atoms with van der Waals surface area (Å²) in [4.78, 5) is 23.9. The fourth-order valence-corrected chi connectivity index (χ4v) is 3.74. The molecule has 0 bridgehead atoms. The van der Waals surface area contributed by atoms with Crippen molar-refractivity contribution >= 4 is 5.91 Å². The smallest absolute Gasteiger partial charge is 0.240 e. The zero-order valence-electron chi connectivity index (χ0n) is 14.2. The van der Waals surface area contributed by atoms with Crippen LogP contribution in [0.5, 0.6) is 0 Å². The van der Waals surface area contributed by atoms with Crippen LogP contribution in [0.25, 0.3) is 0 Å². The molecule has 1 atom stereocenters. The lowest BCUT2D eigenvalue weighted by Crippen LogP contribution is -2.55. The van der Waals surface area contributed by atoms with Gasteiger partial charge in [0.2, 0.25) is 5.91 Å². The number of carbonyl (C=O) groups excluding carboxylic acids is 1. The number of hydrogen-bond acceptors (Lipinski definition) is 4. The van der Waals surface area contributed by atoms with Gasteiger partial charge in [0.25, 0.3) is 0 Å². The molecule has 1 aromatic heterocycles. The van der Waals surface area contributed by atoms with E-state index in [1.54, 1.807) is 0 Å². The Morgan fingerprint density at radius 2 is 2.04 bits per heavy atom. The zero-order chi connectivity index (χ0) is 16.1. The first-order chi connectivity index (χ1) is 11.3. The number of amides is 1. The first kappa shape index (κ1) is 16.4. The van der Waals surface area contributed by atoms with Gasteiger partial charge >= 0.3 is 0 Å². The van der Waals surface area contributed by atoms with Crippen molar-refractivity contribution in [1.29, 1.82) is 0 Å². The van der Waals surface area contributed by atoms with Crippen molar-refractivity contribution in [1.82, 2.24) is 19.7 Å². The quantitative estimate of drug-likeness (QED) is 0.846. The number of aromatic nitrogens is 1.